The van der Waals surface area contributed by atoms with Gasteiger partial charge in [0.1, 0.15) is 5.78 Å². The van der Waals surface area contributed by atoms with E-state index in [0.717, 1.165) is 37.6 Å². The molecule has 0 radical (unpaired) electrons. The third-order valence-electron chi connectivity index (χ3n) is 3.13. The van der Waals surface area contributed by atoms with Gasteiger partial charge in [-0.3, -0.25) is 4.79 Å². The number of anilines is 1. The Morgan fingerprint density at radius 1 is 1.44 bits per heavy atom. The lowest BCUT2D eigenvalue weighted by atomic mass is 9.93. The maximum Gasteiger partial charge on any atom is 0.225 e. The molecule has 0 bridgehead atoms. The van der Waals surface area contributed by atoms with Crippen molar-refractivity contribution < 1.29 is 4.79 Å². The summed E-state index contributed by atoms with van der Waals surface area (Å²) in [6.45, 7) is 5.42. The number of aromatic nitrogens is 2. The molecule has 1 fully saturated rings. The summed E-state index contributed by atoms with van der Waals surface area (Å²) in [4.78, 5) is 22.1. The average molecular weight is 219 g/mol. The molecule has 2 rings (SSSR count). The molecule has 1 aromatic rings. The molecule has 0 N–H and O–H groups in total. The van der Waals surface area contributed by atoms with E-state index in [1.807, 2.05) is 13.0 Å². The summed E-state index contributed by atoms with van der Waals surface area (Å²) in [6, 6.07) is 1.89. The minimum Gasteiger partial charge on any atom is -0.341 e. The van der Waals surface area contributed by atoms with Gasteiger partial charge < -0.3 is 4.90 Å². The van der Waals surface area contributed by atoms with E-state index in [0.29, 0.717) is 5.78 Å². The number of piperidine rings is 1. The second-order valence-corrected chi connectivity index (χ2v) is 4.37. The lowest BCUT2D eigenvalue weighted by molar-refractivity contribution is -0.121. The van der Waals surface area contributed by atoms with Gasteiger partial charge in [0.2, 0.25) is 5.95 Å². The quantitative estimate of drug-likeness (QED) is 0.757. The zero-order valence-electron chi connectivity index (χ0n) is 9.81. The lowest BCUT2D eigenvalue weighted by Crippen LogP contribution is -2.36. The highest BCUT2D eigenvalue weighted by Gasteiger charge is 2.23. The highest BCUT2D eigenvalue weighted by molar-refractivity contribution is 5.78. The third kappa shape index (κ3) is 2.38. The van der Waals surface area contributed by atoms with Gasteiger partial charge in [-0.2, -0.15) is 0 Å². The highest BCUT2D eigenvalue weighted by Crippen LogP contribution is 2.20. The van der Waals surface area contributed by atoms with Crippen molar-refractivity contribution in [3.63, 3.8) is 0 Å². The largest absolute Gasteiger partial charge is 0.341 e. The van der Waals surface area contributed by atoms with E-state index in [9.17, 15) is 4.79 Å². The van der Waals surface area contributed by atoms with Crippen LogP contribution in [0.15, 0.2) is 12.3 Å². The molecule has 4 nitrogen and oxygen atoms in total. The first-order valence-corrected chi connectivity index (χ1v) is 5.72. The van der Waals surface area contributed by atoms with E-state index < -0.39 is 0 Å². The first-order valence-electron chi connectivity index (χ1n) is 5.72. The normalized spacial score (nSPS) is 17.5. The van der Waals surface area contributed by atoms with Crippen LogP contribution in [0.3, 0.4) is 0 Å². The maximum absolute atomic E-state index is 11.2. The predicted octanol–water partition coefficient (Wildman–Crippen LogP) is 1.59. The number of Topliss-reactive ketones (excluding diaryl/α,β-unsaturated/α-hetero) is 1. The van der Waals surface area contributed by atoms with E-state index >= 15 is 0 Å². The van der Waals surface area contributed by atoms with Crippen molar-refractivity contribution in [2.75, 3.05) is 18.0 Å². The minimum atomic E-state index is 0.237. The molecule has 1 aliphatic heterocycles. The van der Waals surface area contributed by atoms with Crippen molar-refractivity contribution in [3.8, 4) is 0 Å². The predicted molar refractivity (Wildman–Crippen MR) is 62.4 cm³/mol. The van der Waals surface area contributed by atoms with Crippen LogP contribution in [0.25, 0.3) is 0 Å². The SMILES string of the molecule is CC(=O)C1CCN(c2nccc(C)n2)CC1. The Morgan fingerprint density at radius 3 is 2.69 bits per heavy atom. The molecule has 1 aromatic heterocycles. The van der Waals surface area contributed by atoms with Gasteiger partial charge in [-0.1, -0.05) is 0 Å². The van der Waals surface area contributed by atoms with E-state index in [4.69, 9.17) is 0 Å². The van der Waals surface area contributed by atoms with Crippen molar-refractivity contribution in [3.05, 3.63) is 18.0 Å². The molecule has 0 aliphatic carbocycles. The van der Waals surface area contributed by atoms with Crippen molar-refractivity contribution in [2.24, 2.45) is 5.92 Å². The lowest BCUT2D eigenvalue weighted by Gasteiger charge is -2.30. The van der Waals surface area contributed by atoms with Crippen LogP contribution in [0.2, 0.25) is 0 Å². The fraction of sp³-hybridized carbons (Fsp3) is 0.583. The van der Waals surface area contributed by atoms with Gasteiger partial charge in [0.25, 0.3) is 0 Å². The smallest absolute Gasteiger partial charge is 0.225 e. The standard InChI is InChI=1S/C12H17N3O/c1-9-3-6-13-12(14-9)15-7-4-11(5-8-15)10(2)16/h3,6,11H,4-5,7-8H2,1-2H3. The molecule has 1 aliphatic rings. The number of hydrogen-bond donors (Lipinski definition) is 0. The molecular weight excluding hydrogens is 202 g/mol. The Kier molecular flexibility index (Phi) is 3.17. The number of rotatable bonds is 2. The van der Waals surface area contributed by atoms with Crippen LogP contribution in [-0.2, 0) is 4.79 Å². The van der Waals surface area contributed by atoms with Crippen molar-refractivity contribution in [2.45, 2.75) is 26.7 Å². The molecule has 0 aromatic carbocycles. The number of aryl methyl sites for hydroxylation is 1. The van der Waals surface area contributed by atoms with Gasteiger partial charge in [-0.25, -0.2) is 9.97 Å². The van der Waals surface area contributed by atoms with Gasteiger partial charge in [0.15, 0.2) is 0 Å². The van der Waals surface area contributed by atoms with Crippen molar-refractivity contribution in [1.29, 1.82) is 0 Å². The van der Waals surface area contributed by atoms with E-state index in [1.54, 1.807) is 13.1 Å². The molecule has 0 amide bonds. The van der Waals surface area contributed by atoms with Gasteiger partial charge in [-0.05, 0) is 32.8 Å². The Morgan fingerprint density at radius 2 is 2.12 bits per heavy atom. The molecule has 16 heavy (non-hydrogen) atoms. The van der Waals surface area contributed by atoms with Crippen molar-refractivity contribution >= 4 is 11.7 Å². The summed E-state index contributed by atoms with van der Waals surface area (Å²) in [7, 11) is 0. The third-order valence-corrected chi connectivity index (χ3v) is 3.13. The van der Waals surface area contributed by atoms with Crippen LogP contribution < -0.4 is 4.90 Å². The molecule has 0 saturated carbocycles. The number of carbonyl (C=O) groups is 1. The molecule has 0 spiro atoms. The van der Waals surface area contributed by atoms with E-state index in [2.05, 4.69) is 14.9 Å². The zero-order valence-corrected chi connectivity index (χ0v) is 9.81. The summed E-state index contributed by atoms with van der Waals surface area (Å²) >= 11 is 0. The molecule has 2 heterocycles. The van der Waals surface area contributed by atoms with Gasteiger partial charge >= 0.3 is 0 Å². The molecule has 1 saturated heterocycles. The van der Waals surface area contributed by atoms with Crippen LogP contribution in [0, 0.1) is 12.8 Å². The number of hydrogen-bond acceptors (Lipinski definition) is 4. The monoisotopic (exact) mass is 219 g/mol. The summed E-state index contributed by atoms with van der Waals surface area (Å²) in [6.07, 6.45) is 3.63. The van der Waals surface area contributed by atoms with Crippen LogP contribution >= 0.6 is 0 Å². The molecule has 86 valence electrons. The Labute approximate surface area is 95.7 Å². The fourth-order valence-corrected chi connectivity index (χ4v) is 2.07. The van der Waals surface area contributed by atoms with E-state index in [-0.39, 0.29) is 5.92 Å². The van der Waals surface area contributed by atoms with Crippen LogP contribution in [-0.4, -0.2) is 28.8 Å². The second kappa shape index (κ2) is 4.60. The average Bonchev–Trinajstić information content (AvgIpc) is 2.29. The van der Waals surface area contributed by atoms with Gasteiger partial charge in [0, 0.05) is 30.9 Å². The zero-order chi connectivity index (χ0) is 11.5. The molecule has 0 atom stereocenters. The summed E-state index contributed by atoms with van der Waals surface area (Å²) in [5, 5.41) is 0. The van der Waals surface area contributed by atoms with Crippen LogP contribution in [0.1, 0.15) is 25.5 Å². The molecular formula is C12H17N3O. The van der Waals surface area contributed by atoms with Gasteiger partial charge in [-0.15, -0.1) is 0 Å². The van der Waals surface area contributed by atoms with Crippen molar-refractivity contribution in [1.82, 2.24) is 9.97 Å². The fourth-order valence-electron chi connectivity index (χ4n) is 2.07. The Balaban J connectivity index is 2.01. The number of nitrogens with zero attached hydrogens (tertiary/aromatic N) is 3. The van der Waals surface area contributed by atoms with Crippen LogP contribution in [0.4, 0.5) is 5.95 Å². The first-order chi connectivity index (χ1) is 7.66. The number of ketones is 1. The summed E-state index contributed by atoms with van der Waals surface area (Å²) in [5.41, 5.74) is 0.985. The van der Waals surface area contributed by atoms with Gasteiger partial charge in [0.05, 0.1) is 0 Å². The Hall–Kier alpha value is -1.45. The summed E-state index contributed by atoms with van der Waals surface area (Å²) in [5.74, 6) is 1.34. The first kappa shape index (κ1) is 11.0. The maximum atomic E-state index is 11.2. The van der Waals surface area contributed by atoms with E-state index in [1.165, 1.54) is 0 Å². The highest BCUT2D eigenvalue weighted by atomic mass is 16.1. The second-order valence-electron chi connectivity index (χ2n) is 4.37. The Bertz CT molecular complexity index is 384. The molecule has 4 heteroatoms. The van der Waals surface area contributed by atoms with Crippen LogP contribution in [0.5, 0.6) is 0 Å². The molecule has 0 unspecified atom stereocenters. The topological polar surface area (TPSA) is 46.1 Å². The number of carbonyl (C=O) groups excluding carboxylic acids is 1. The summed E-state index contributed by atoms with van der Waals surface area (Å²) < 4.78 is 0. The minimum absolute atomic E-state index is 0.237.